The third kappa shape index (κ3) is 8.82. The van der Waals surface area contributed by atoms with E-state index in [1.807, 2.05) is 32.1 Å². The fourth-order valence-electron chi connectivity index (χ4n) is 5.03. The average molecular weight is 624 g/mol. The van der Waals surface area contributed by atoms with Gasteiger partial charge in [-0.15, -0.1) is 0 Å². The second-order valence-electron chi connectivity index (χ2n) is 10.9. The van der Waals surface area contributed by atoms with Gasteiger partial charge in [0.1, 0.15) is 24.0 Å². The van der Waals surface area contributed by atoms with Gasteiger partial charge in [0.25, 0.3) is 0 Å². The SMILES string of the molecule is CCCCC(=O)N(C)c1ccc(Cl)c(COC(/C=C(\C)F)=C/C=C(\C)c2nc3cc(C(=O)O)ccc3n2C(CC)CCC)c1. The highest BCUT2D eigenvalue weighted by Gasteiger charge is 2.20. The van der Waals surface area contributed by atoms with Crippen molar-refractivity contribution in [3.63, 3.8) is 0 Å². The van der Waals surface area contributed by atoms with Crippen LogP contribution in [0, 0.1) is 0 Å². The third-order valence-electron chi connectivity index (χ3n) is 7.52. The molecule has 3 rings (SSSR count). The molecule has 1 heterocycles. The summed E-state index contributed by atoms with van der Waals surface area (Å²) >= 11 is 6.46. The summed E-state index contributed by atoms with van der Waals surface area (Å²) in [4.78, 5) is 30.6. The van der Waals surface area contributed by atoms with Gasteiger partial charge in [-0.2, -0.15) is 0 Å². The van der Waals surface area contributed by atoms with Crippen molar-refractivity contribution in [2.75, 3.05) is 11.9 Å². The van der Waals surface area contributed by atoms with Crippen LogP contribution in [0.4, 0.5) is 10.1 Å². The number of carboxylic acid groups (broad SMARTS) is 1. The van der Waals surface area contributed by atoms with Crippen LogP contribution in [-0.2, 0) is 16.1 Å². The summed E-state index contributed by atoms with van der Waals surface area (Å²) in [5.74, 6) is -0.409. The van der Waals surface area contributed by atoms with Crippen LogP contribution >= 0.6 is 11.6 Å². The van der Waals surface area contributed by atoms with E-state index in [1.54, 1.807) is 42.3 Å². The third-order valence-corrected chi connectivity index (χ3v) is 7.88. The van der Waals surface area contributed by atoms with Crippen LogP contribution in [0.5, 0.6) is 0 Å². The summed E-state index contributed by atoms with van der Waals surface area (Å²) in [6.07, 6.45) is 9.83. The fourth-order valence-corrected chi connectivity index (χ4v) is 5.20. The molecular weight excluding hydrogens is 581 g/mol. The summed E-state index contributed by atoms with van der Waals surface area (Å²) in [5, 5.41) is 9.98. The van der Waals surface area contributed by atoms with Crippen LogP contribution in [0.3, 0.4) is 0 Å². The predicted octanol–water partition coefficient (Wildman–Crippen LogP) is 9.67. The number of carbonyl (C=O) groups is 2. The Hall–Kier alpha value is -3.91. The standard InChI is InChI=1S/C35H43ClFN3O4/c1-7-10-12-33(41)39(6)28-15-17-30(36)26(20-28)22-44-29(19-24(5)37)16-13-23(4)34-38-31-21-25(35(42)43)14-18-32(31)40(34)27(9-3)11-8-2/h13-21,27H,7-12,22H2,1-6H3,(H,42,43)/b23-13+,24-19+,29-16+. The Morgan fingerprint density at radius 2 is 1.86 bits per heavy atom. The number of aromatic nitrogens is 2. The number of hydrogen-bond acceptors (Lipinski definition) is 4. The summed E-state index contributed by atoms with van der Waals surface area (Å²) in [5.41, 5.74) is 3.83. The first-order valence-corrected chi connectivity index (χ1v) is 15.5. The number of unbranched alkanes of at least 4 members (excludes halogenated alkanes) is 1. The van der Waals surface area contributed by atoms with Gasteiger partial charge in [-0.3, -0.25) is 4.79 Å². The predicted molar refractivity (Wildman–Crippen MR) is 177 cm³/mol. The number of nitrogens with zero attached hydrogens (tertiary/aromatic N) is 3. The van der Waals surface area contributed by atoms with E-state index in [4.69, 9.17) is 21.3 Å². The second-order valence-corrected chi connectivity index (χ2v) is 11.3. The highest BCUT2D eigenvalue weighted by Crippen LogP contribution is 2.31. The van der Waals surface area contributed by atoms with Crippen LogP contribution < -0.4 is 4.90 Å². The number of carboxylic acids is 1. The molecule has 2 aromatic carbocycles. The zero-order valence-corrected chi connectivity index (χ0v) is 27.2. The van der Waals surface area contributed by atoms with Crippen molar-refractivity contribution >= 4 is 45.8 Å². The summed E-state index contributed by atoms with van der Waals surface area (Å²) in [7, 11) is 1.74. The smallest absolute Gasteiger partial charge is 0.335 e. The van der Waals surface area contributed by atoms with E-state index < -0.39 is 11.8 Å². The van der Waals surface area contributed by atoms with Crippen molar-refractivity contribution in [3.8, 4) is 0 Å². The molecule has 44 heavy (non-hydrogen) atoms. The Balaban J connectivity index is 1.96. The molecule has 0 saturated heterocycles. The maximum Gasteiger partial charge on any atom is 0.335 e. The maximum absolute atomic E-state index is 14.1. The molecular formula is C35H43ClFN3O4. The first-order valence-electron chi connectivity index (χ1n) is 15.2. The van der Waals surface area contributed by atoms with E-state index in [0.717, 1.165) is 43.2 Å². The molecule has 1 N–H and O–H groups in total. The molecule has 0 aliphatic carbocycles. The molecule has 0 radical (unpaired) electrons. The van der Waals surface area contributed by atoms with E-state index in [-0.39, 0.29) is 29.9 Å². The molecule has 0 saturated carbocycles. The first kappa shape index (κ1) is 34.6. The summed E-state index contributed by atoms with van der Waals surface area (Å²) in [6, 6.07) is 10.5. The zero-order chi connectivity index (χ0) is 32.4. The zero-order valence-electron chi connectivity index (χ0n) is 26.5. The van der Waals surface area contributed by atoms with E-state index in [1.165, 1.54) is 13.0 Å². The second kappa shape index (κ2) is 16.2. The van der Waals surface area contributed by atoms with Gasteiger partial charge < -0.3 is 19.3 Å². The molecule has 1 amide bonds. The topological polar surface area (TPSA) is 84.7 Å². The first-order chi connectivity index (χ1) is 21.0. The largest absolute Gasteiger partial charge is 0.489 e. The van der Waals surface area contributed by atoms with Gasteiger partial charge >= 0.3 is 5.97 Å². The lowest BCUT2D eigenvalue weighted by atomic mass is 10.1. The monoisotopic (exact) mass is 623 g/mol. The number of rotatable bonds is 15. The lowest BCUT2D eigenvalue weighted by Gasteiger charge is -2.20. The normalized spacial score (nSPS) is 13.3. The van der Waals surface area contributed by atoms with Crippen molar-refractivity contribution in [3.05, 3.63) is 88.2 Å². The van der Waals surface area contributed by atoms with E-state index >= 15 is 0 Å². The van der Waals surface area contributed by atoms with Crippen LogP contribution in [-0.4, -0.2) is 33.6 Å². The molecule has 0 bridgehead atoms. The number of halogens is 2. The van der Waals surface area contributed by atoms with Gasteiger partial charge in [-0.1, -0.05) is 51.3 Å². The van der Waals surface area contributed by atoms with Crippen molar-refractivity contribution in [2.45, 2.75) is 85.8 Å². The van der Waals surface area contributed by atoms with Crippen LogP contribution in [0.15, 0.2) is 66.2 Å². The number of anilines is 1. The molecule has 3 aromatic rings. The Bertz CT molecular complexity index is 1570. The van der Waals surface area contributed by atoms with Gasteiger partial charge in [0.15, 0.2) is 0 Å². The van der Waals surface area contributed by atoms with Gasteiger partial charge in [-0.25, -0.2) is 14.2 Å². The van der Waals surface area contributed by atoms with Gasteiger partial charge in [0, 0.05) is 41.9 Å². The Morgan fingerprint density at radius 1 is 1.11 bits per heavy atom. The van der Waals surface area contributed by atoms with Crippen LogP contribution in [0.25, 0.3) is 16.6 Å². The lowest BCUT2D eigenvalue weighted by Crippen LogP contribution is -2.25. The number of ether oxygens (including phenoxy) is 1. The van der Waals surface area contributed by atoms with Crippen molar-refractivity contribution in [1.82, 2.24) is 9.55 Å². The Labute approximate surface area is 264 Å². The highest BCUT2D eigenvalue weighted by atomic mass is 35.5. The quantitative estimate of drug-likeness (QED) is 0.135. The van der Waals surface area contributed by atoms with Crippen molar-refractivity contribution in [1.29, 1.82) is 0 Å². The van der Waals surface area contributed by atoms with Gasteiger partial charge in [0.2, 0.25) is 5.91 Å². The summed E-state index contributed by atoms with van der Waals surface area (Å²) < 4.78 is 22.3. The van der Waals surface area contributed by atoms with Crippen molar-refractivity contribution < 1.29 is 23.8 Å². The van der Waals surface area contributed by atoms with Crippen LogP contribution in [0.2, 0.25) is 5.02 Å². The number of fused-ring (bicyclic) bond motifs is 1. The molecule has 7 nitrogen and oxygen atoms in total. The minimum absolute atomic E-state index is 0.0210. The van der Waals surface area contributed by atoms with E-state index in [9.17, 15) is 19.1 Å². The minimum Gasteiger partial charge on any atom is -0.489 e. The van der Waals surface area contributed by atoms with Gasteiger partial charge in [-0.05, 0) is 81.2 Å². The molecule has 1 atom stereocenters. The molecule has 0 fully saturated rings. The number of hydrogen-bond donors (Lipinski definition) is 1. The van der Waals surface area contributed by atoms with Gasteiger partial charge in [0.05, 0.1) is 16.6 Å². The molecule has 236 valence electrons. The molecule has 0 aliphatic heterocycles. The number of amides is 1. The van der Waals surface area contributed by atoms with E-state index in [0.29, 0.717) is 34.0 Å². The molecule has 0 spiro atoms. The number of allylic oxidation sites excluding steroid dienone is 5. The average Bonchev–Trinajstić information content (AvgIpc) is 3.38. The number of benzene rings is 2. The molecule has 1 aromatic heterocycles. The number of imidazole rings is 1. The minimum atomic E-state index is -1.01. The lowest BCUT2D eigenvalue weighted by molar-refractivity contribution is -0.118. The molecule has 1 unspecified atom stereocenters. The summed E-state index contributed by atoms with van der Waals surface area (Å²) in [6.45, 7) is 9.63. The number of aromatic carboxylic acids is 1. The fraction of sp³-hybridized carbons (Fsp3) is 0.400. The number of carbonyl (C=O) groups excluding carboxylic acids is 1. The Kier molecular flexibility index (Phi) is 12.8. The molecule has 9 heteroatoms. The van der Waals surface area contributed by atoms with Crippen molar-refractivity contribution in [2.24, 2.45) is 0 Å². The van der Waals surface area contributed by atoms with E-state index in [2.05, 4.69) is 18.4 Å². The molecule has 0 aliphatic rings. The Morgan fingerprint density at radius 3 is 2.50 bits per heavy atom. The maximum atomic E-state index is 14.1. The highest BCUT2D eigenvalue weighted by molar-refractivity contribution is 6.31. The van der Waals surface area contributed by atoms with Crippen LogP contribution in [0.1, 0.15) is 101 Å².